The lowest BCUT2D eigenvalue weighted by molar-refractivity contribution is 0.662. The molecule has 0 radical (unpaired) electrons. The summed E-state index contributed by atoms with van der Waals surface area (Å²) in [4.78, 5) is 0. The second-order valence-electron chi connectivity index (χ2n) is 11.1. The molecule has 1 heteroatoms. The van der Waals surface area contributed by atoms with Gasteiger partial charge in [-0.3, -0.25) is 0 Å². The number of hydrogen-bond donors (Lipinski definition) is 0. The minimum Gasteiger partial charge on any atom is -0.309 e. The molecule has 0 saturated heterocycles. The van der Waals surface area contributed by atoms with Crippen molar-refractivity contribution >= 4 is 55.5 Å². The van der Waals surface area contributed by atoms with Crippen molar-refractivity contribution in [1.82, 2.24) is 4.57 Å². The highest BCUT2D eigenvalue weighted by Gasteiger charge is 2.33. The average molecular weight is 486 g/mol. The van der Waals surface area contributed by atoms with E-state index < -0.39 is 0 Å². The second kappa shape index (κ2) is 7.69. The molecular formula is C37H27N. The van der Waals surface area contributed by atoms with Crippen LogP contribution in [0.1, 0.15) is 36.1 Å². The van der Waals surface area contributed by atoms with E-state index in [9.17, 15) is 0 Å². The van der Waals surface area contributed by atoms with Gasteiger partial charge in [0.1, 0.15) is 0 Å². The molecular weight excluding hydrogens is 458 g/mol. The van der Waals surface area contributed by atoms with E-state index >= 15 is 0 Å². The number of para-hydroxylation sites is 2. The van der Waals surface area contributed by atoms with Crippen molar-refractivity contribution < 1.29 is 0 Å². The highest BCUT2D eigenvalue weighted by Crippen LogP contribution is 2.49. The summed E-state index contributed by atoms with van der Waals surface area (Å²) in [5, 5.41) is 8.11. The smallest absolute Gasteiger partial charge is 0.0541 e. The summed E-state index contributed by atoms with van der Waals surface area (Å²) in [6.07, 6.45) is 4.49. The summed E-state index contributed by atoms with van der Waals surface area (Å²) in [7, 11) is 0. The number of fused-ring (bicyclic) bond motifs is 3. The second-order valence-corrected chi connectivity index (χ2v) is 11.1. The molecule has 1 aliphatic rings. The molecule has 0 aliphatic heterocycles. The van der Waals surface area contributed by atoms with Crippen molar-refractivity contribution in [3.05, 3.63) is 138 Å². The third kappa shape index (κ3) is 2.93. The Balaban J connectivity index is 1.18. The van der Waals surface area contributed by atoms with Crippen LogP contribution in [0.3, 0.4) is 0 Å². The SMILES string of the molecule is CC1(C)c2cccc3ccc4cc(/C=C/c5ccc(-n6c7ccccc7c7ccccc76)cc5)cc1c4c23. The van der Waals surface area contributed by atoms with E-state index in [-0.39, 0.29) is 5.41 Å². The maximum atomic E-state index is 2.39. The summed E-state index contributed by atoms with van der Waals surface area (Å²) in [6.45, 7) is 4.72. The van der Waals surface area contributed by atoms with E-state index in [1.807, 2.05) is 0 Å². The molecule has 6 aromatic carbocycles. The Morgan fingerprint density at radius 1 is 0.526 bits per heavy atom. The summed E-state index contributed by atoms with van der Waals surface area (Å²) in [5.74, 6) is 0. The molecule has 0 spiro atoms. The van der Waals surface area contributed by atoms with Gasteiger partial charge in [0.25, 0.3) is 0 Å². The third-order valence-corrected chi connectivity index (χ3v) is 8.53. The van der Waals surface area contributed by atoms with E-state index in [0.717, 1.165) is 0 Å². The molecule has 8 rings (SSSR count). The molecule has 0 unspecified atom stereocenters. The summed E-state index contributed by atoms with van der Waals surface area (Å²) in [6, 6.07) is 42.2. The molecule has 0 N–H and O–H groups in total. The lowest BCUT2D eigenvalue weighted by Gasteiger charge is -2.22. The molecule has 1 nitrogen and oxygen atoms in total. The van der Waals surface area contributed by atoms with Gasteiger partial charge in [0.2, 0.25) is 0 Å². The number of hydrogen-bond acceptors (Lipinski definition) is 0. The Morgan fingerprint density at radius 3 is 1.89 bits per heavy atom. The van der Waals surface area contributed by atoms with Gasteiger partial charge in [0, 0.05) is 21.9 Å². The van der Waals surface area contributed by atoms with Crippen LogP contribution in [0.2, 0.25) is 0 Å². The highest BCUT2D eigenvalue weighted by molar-refractivity contribution is 6.15. The van der Waals surface area contributed by atoms with Gasteiger partial charge in [-0.05, 0) is 74.1 Å². The maximum Gasteiger partial charge on any atom is 0.0541 e. The third-order valence-electron chi connectivity index (χ3n) is 8.53. The van der Waals surface area contributed by atoms with Gasteiger partial charge in [0.15, 0.2) is 0 Å². The molecule has 180 valence electrons. The molecule has 0 bridgehead atoms. The maximum absolute atomic E-state index is 2.39. The molecule has 0 saturated carbocycles. The van der Waals surface area contributed by atoms with Crippen LogP contribution in [0.15, 0.2) is 115 Å². The summed E-state index contributed by atoms with van der Waals surface area (Å²) < 4.78 is 2.36. The minimum atomic E-state index is 0.00918. The first-order valence-electron chi connectivity index (χ1n) is 13.4. The molecule has 0 fully saturated rings. The quantitative estimate of drug-likeness (QED) is 0.173. The Kier molecular flexibility index (Phi) is 4.35. The van der Waals surface area contributed by atoms with Gasteiger partial charge in [0.05, 0.1) is 11.0 Å². The first kappa shape index (κ1) is 21.5. The van der Waals surface area contributed by atoms with Crippen molar-refractivity contribution in [2.75, 3.05) is 0 Å². The van der Waals surface area contributed by atoms with Crippen molar-refractivity contribution in [2.45, 2.75) is 19.3 Å². The highest BCUT2D eigenvalue weighted by atomic mass is 15.0. The largest absolute Gasteiger partial charge is 0.309 e. The first-order chi connectivity index (χ1) is 18.6. The fraction of sp³-hybridized carbons (Fsp3) is 0.0811. The fourth-order valence-electron chi connectivity index (χ4n) is 6.65. The van der Waals surface area contributed by atoms with Gasteiger partial charge in [-0.2, -0.15) is 0 Å². The van der Waals surface area contributed by atoms with Gasteiger partial charge in [-0.25, -0.2) is 0 Å². The lowest BCUT2D eigenvalue weighted by Crippen LogP contribution is -2.15. The zero-order chi connectivity index (χ0) is 25.4. The van der Waals surface area contributed by atoms with Crippen molar-refractivity contribution in [2.24, 2.45) is 0 Å². The van der Waals surface area contributed by atoms with Crippen LogP contribution in [-0.4, -0.2) is 4.57 Å². The number of benzene rings is 6. The van der Waals surface area contributed by atoms with Crippen molar-refractivity contribution in [3.8, 4) is 5.69 Å². The van der Waals surface area contributed by atoms with Crippen LogP contribution >= 0.6 is 0 Å². The number of aromatic nitrogens is 1. The van der Waals surface area contributed by atoms with Gasteiger partial charge in [-0.15, -0.1) is 0 Å². The monoisotopic (exact) mass is 485 g/mol. The molecule has 1 aliphatic carbocycles. The average Bonchev–Trinajstić information content (AvgIpc) is 3.41. The molecule has 1 heterocycles. The van der Waals surface area contributed by atoms with Gasteiger partial charge >= 0.3 is 0 Å². The van der Waals surface area contributed by atoms with E-state index in [2.05, 4.69) is 146 Å². The van der Waals surface area contributed by atoms with Crippen LogP contribution in [0, 0.1) is 0 Å². The Morgan fingerprint density at radius 2 is 1.16 bits per heavy atom. The molecule has 0 amide bonds. The van der Waals surface area contributed by atoms with E-state index in [1.165, 1.54) is 71.3 Å². The zero-order valence-electron chi connectivity index (χ0n) is 21.6. The van der Waals surface area contributed by atoms with Crippen LogP contribution in [0.4, 0.5) is 0 Å². The topological polar surface area (TPSA) is 4.93 Å². The van der Waals surface area contributed by atoms with Crippen LogP contribution < -0.4 is 0 Å². The molecule has 1 aromatic heterocycles. The van der Waals surface area contributed by atoms with E-state index in [1.54, 1.807) is 0 Å². The van der Waals surface area contributed by atoms with E-state index in [0.29, 0.717) is 0 Å². The lowest BCUT2D eigenvalue weighted by atomic mass is 9.81. The normalized spacial score (nSPS) is 14.2. The predicted octanol–water partition coefficient (Wildman–Crippen LogP) is 9.90. The molecule has 38 heavy (non-hydrogen) atoms. The Labute approximate surface area is 222 Å². The zero-order valence-corrected chi connectivity index (χ0v) is 21.6. The van der Waals surface area contributed by atoms with Gasteiger partial charge < -0.3 is 4.57 Å². The van der Waals surface area contributed by atoms with Crippen molar-refractivity contribution in [1.29, 1.82) is 0 Å². The van der Waals surface area contributed by atoms with Crippen LogP contribution in [0.5, 0.6) is 0 Å². The summed E-state index contributed by atoms with van der Waals surface area (Å²) in [5.41, 5.74) is 8.99. The fourth-order valence-corrected chi connectivity index (χ4v) is 6.65. The first-order valence-corrected chi connectivity index (χ1v) is 13.4. The van der Waals surface area contributed by atoms with Gasteiger partial charge in [-0.1, -0.05) is 111 Å². The van der Waals surface area contributed by atoms with E-state index in [4.69, 9.17) is 0 Å². The Bertz CT molecular complexity index is 2030. The minimum absolute atomic E-state index is 0.00918. The van der Waals surface area contributed by atoms with Crippen LogP contribution in [-0.2, 0) is 5.41 Å². The predicted molar refractivity (Wildman–Crippen MR) is 163 cm³/mol. The Hall–Kier alpha value is -4.62. The standard InChI is InChI=1S/C37H27N/c1-37(2)31-11-7-8-26-18-19-27-22-25(23-32(37)36(27)35(26)31)15-14-24-16-20-28(21-17-24)38-33-12-5-3-9-29(33)30-10-4-6-13-34(30)38/h3-23H,1-2H3/b15-14+. The van der Waals surface area contributed by atoms with Crippen molar-refractivity contribution in [3.63, 3.8) is 0 Å². The number of rotatable bonds is 3. The summed E-state index contributed by atoms with van der Waals surface area (Å²) >= 11 is 0. The molecule has 0 atom stereocenters. The van der Waals surface area contributed by atoms with Crippen LogP contribution in [0.25, 0.3) is 61.2 Å². The number of nitrogens with zero attached hydrogens (tertiary/aromatic N) is 1. The molecule has 7 aromatic rings.